The van der Waals surface area contributed by atoms with Crippen LogP contribution in [0.5, 0.6) is 5.75 Å². The van der Waals surface area contributed by atoms with Gasteiger partial charge in [0.25, 0.3) is 0 Å². The quantitative estimate of drug-likeness (QED) is 0.398. The molecule has 6 heterocycles. The maximum Gasteiger partial charge on any atom is 0.182 e. The summed E-state index contributed by atoms with van der Waals surface area (Å²) in [6.45, 7) is 9.78. The summed E-state index contributed by atoms with van der Waals surface area (Å²) in [5, 5.41) is 17.4. The molecule has 1 N–H and O–H groups in total. The highest BCUT2D eigenvalue weighted by atomic mass is 16.5. The number of piperidine rings is 1. The minimum absolute atomic E-state index is 0.00421. The molecule has 0 radical (unpaired) electrons. The zero-order chi connectivity index (χ0) is 26.5. The molecule has 200 valence electrons. The average molecular weight is 517 g/mol. The Kier molecular flexibility index (Phi) is 6.19. The minimum Gasteiger partial charge on any atom is -0.494 e. The van der Waals surface area contributed by atoms with E-state index in [2.05, 4.69) is 52.9 Å². The minimum atomic E-state index is -0.00421. The molecule has 0 aliphatic carbocycles. The lowest BCUT2D eigenvalue weighted by atomic mass is 9.79. The summed E-state index contributed by atoms with van der Waals surface area (Å²) in [5.41, 5.74) is 4.78. The third-order valence-electron chi connectivity index (χ3n) is 7.58. The Balaban J connectivity index is 1.28. The molecule has 6 rings (SSSR count). The molecule has 0 aromatic carbocycles. The predicted octanol–water partition coefficient (Wildman–Crippen LogP) is 4.94. The van der Waals surface area contributed by atoms with Gasteiger partial charge in [0, 0.05) is 47.2 Å². The summed E-state index contributed by atoms with van der Waals surface area (Å²) in [4.78, 5) is 9.41. The number of hydrogen-bond donors (Lipinski definition) is 1. The number of hydrogen-bond acceptors (Lipinski definition) is 8. The van der Waals surface area contributed by atoms with Gasteiger partial charge in [0.05, 0.1) is 19.6 Å². The van der Waals surface area contributed by atoms with Gasteiger partial charge in [-0.2, -0.15) is 5.10 Å². The normalized spacial score (nSPS) is 21.6. The van der Waals surface area contributed by atoms with Gasteiger partial charge in [0.2, 0.25) is 0 Å². The predicted molar refractivity (Wildman–Crippen MR) is 145 cm³/mol. The van der Waals surface area contributed by atoms with E-state index in [4.69, 9.17) is 19.4 Å². The molecule has 4 aromatic heterocycles. The number of nitrogens with one attached hydrogen (secondary N) is 1. The molecule has 2 saturated heterocycles. The second kappa shape index (κ2) is 9.43. The number of imidazole rings is 1. The molecule has 2 aliphatic rings. The van der Waals surface area contributed by atoms with E-state index in [1.54, 1.807) is 7.11 Å². The van der Waals surface area contributed by atoms with Gasteiger partial charge in [-0.3, -0.25) is 0 Å². The van der Waals surface area contributed by atoms with Crippen molar-refractivity contribution in [2.75, 3.05) is 13.7 Å². The first-order valence-corrected chi connectivity index (χ1v) is 13.4. The average Bonchev–Trinajstić information content (AvgIpc) is 3.54. The molecule has 2 fully saturated rings. The number of pyridine rings is 1. The van der Waals surface area contributed by atoms with Crippen molar-refractivity contribution in [1.29, 1.82) is 0 Å². The molecule has 10 nitrogen and oxygen atoms in total. The fourth-order valence-electron chi connectivity index (χ4n) is 6.21. The van der Waals surface area contributed by atoms with Crippen molar-refractivity contribution >= 4 is 11.2 Å². The van der Waals surface area contributed by atoms with Crippen molar-refractivity contribution in [2.45, 2.75) is 83.1 Å². The van der Waals surface area contributed by atoms with Gasteiger partial charge in [-0.15, -0.1) is 10.2 Å². The van der Waals surface area contributed by atoms with Gasteiger partial charge < -0.3 is 19.4 Å². The Morgan fingerprint density at radius 2 is 1.82 bits per heavy atom. The smallest absolute Gasteiger partial charge is 0.182 e. The summed E-state index contributed by atoms with van der Waals surface area (Å²) in [5.74, 6) is 0.624. The van der Waals surface area contributed by atoms with Crippen molar-refractivity contribution in [1.82, 2.24) is 39.8 Å². The number of aromatic nitrogens is 7. The molecule has 2 aliphatic heterocycles. The summed E-state index contributed by atoms with van der Waals surface area (Å²) < 4.78 is 15.7. The molecule has 0 amide bonds. The highest BCUT2D eigenvalue weighted by Gasteiger charge is 2.39. The van der Waals surface area contributed by atoms with Crippen LogP contribution in [0.15, 0.2) is 37.1 Å². The van der Waals surface area contributed by atoms with E-state index in [0.29, 0.717) is 23.2 Å². The van der Waals surface area contributed by atoms with Crippen LogP contribution in [0.25, 0.3) is 33.7 Å². The van der Waals surface area contributed by atoms with Gasteiger partial charge in [-0.25, -0.2) is 14.6 Å². The maximum absolute atomic E-state index is 5.86. The fourth-order valence-corrected chi connectivity index (χ4v) is 6.21. The Morgan fingerprint density at radius 3 is 2.55 bits per heavy atom. The van der Waals surface area contributed by atoms with Gasteiger partial charge in [-0.05, 0) is 71.9 Å². The number of methoxy groups -OCH3 is 1. The van der Waals surface area contributed by atoms with Crippen LogP contribution in [0.2, 0.25) is 0 Å². The second-order valence-electron chi connectivity index (χ2n) is 11.9. The molecular formula is C28H36N8O2. The third-order valence-corrected chi connectivity index (χ3v) is 7.58. The van der Waals surface area contributed by atoms with Crippen LogP contribution >= 0.6 is 0 Å². The van der Waals surface area contributed by atoms with Crippen molar-refractivity contribution in [3.8, 4) is 28.3 Å². The SMILES string of the molecule is COc1cc(-c2cnn(C3CCCCO3)c2)cnc1-c1cc2ncn(C3CC(C)(C)NC(C)(C)C3)c2nn1. The van der Waals surface area contributed by atoms with Crippen LogP contribution in [-0.2, 0) is 4.74 Å². The molecule has 4 aromatic rings. The lowest BCUT2D eigenvalue weighted by Gasteiger charge is -2.46. The van der Waals surface area contributed by atoms with Gasteiger partial charge >= 0.3 is 0 Å². The summed E-state index contributed by atoms with van der Waals surface area (Å²) in [6, 6.07) is 4.20. The van der Waals surface area contributed by atoms with Crippen LogP contribution in [0.4, 0.5) is 0 Å². The number of rotatable bonds is 5. The maximum atomic E-state index is 5.86. The Labute approximate surface area is 222 Å². The molecule has 0 bridgehead atoms. The van der Waals surface area contributed by atoms with Crippen molar-refractivity contribution in [3.05, 3.63) is 37.1 Å². The van der Waals surface area contributed by atoms with Crippen LogP contribution in [0.1, 0.15) is 72.1 Å². The Hall–Kier alpha value is -3.37. The third kappa shape index (κ3) is 4.78. The van der Waals surface area contributed by atoms with Crippen LogP contribution in [0, 0.1) is 0 Å². The Morgan fingerprint density at radius 1 is 1.00 bits per heavy atom. The van der Waals surface area contributed by atoms with Crippen molar-refractivity contribution < 1.29 is 9.47 Å². The summed E-state index contributed by atoms with van der Waals surface area (Å²) >= 11 is 0. The highest BCUT2D eigenvalue weighted by Crippen LogP contribution is 2.38. The first-order chi connectivity index (χ1) is 18.2. The van der Waals surface area contributed by atoms with Crippen molar-refractivity contribution in [2.24, 2.45) is 0 Å². The standard InChI is InChI=1S/C28H36N8O2/c1-27(2)12-20(13-28(3,4)34-27)35-17-30-22-11-21(32-33-26(22)35)25-23(37-5)10-18(14-29-25)19-15-31-36(16-19)24-8-6-7-9-38-24/h10-11,14-17,20,24,34H,6-9,12-13H2,1-5H3. The molecule has 0 spiro atoms. The number of ether oxygens (including phenoxy) is 2. The second-order valence-corrected chi connectivity index (χ2v) is 11.9. The zero-order valence-electron chi connectivity index (χ0n) is 22.8. The van der Waals surface area contributed by atoms with E-state index in [-0.39, 0.29) is 17.3 Å². The van der Waals surface area contributed by atoms with Crippen LogP contribution in [0.3, 0.4) is 0 Å². The van der Waals surface area contributed by atoms with Gasteiger partial charge in [0.1, 0.15) is 28.9 Å². The van der Waals surface area contributed by atoms with E-state index in [1.807, 2.05) is 41.7 Å². The van der Waals surface area contributed by atoms with E-state index in [1.165, 1.54) is 0 Å². The largest absolute Gasteiger partial charge is 0.494 e. The first-order valence-electron chi connectivity index (χ1n) is 13.4. The van der Waals surface area contributed by atoms with Gasteiger partial charge in [0.15, 0.2) is 5.65 Å². The van der Waals surface area contributed by atoms with Crippen LogP contribution in [-0.4, -0.2) is 59.3 Å². The lowest BCUT2D eigenvalue weighted by molar-refractivity contribution is -0.0394. The van der Waals surface area contributed by atoms with E-state index < -0.39 is 0 Å². The number of fused-ring (bicyclic) bond motifs is 1. The van der Waals surface area contributed by atoms with Gasteiger partial charge in [-0.1, -0.05) is 0 Å². The molecule has 1 unspecified atom stereocenters. The Bertz CT molecular complexity index is 1430. The molecule has 0 saturated carbocycles. The summed E-state index contributed by atoms with van der Waals surface area (Å²) in [7, 11) is 1.64. The first kappa shape index (κ1) is 24.9. The molecule has 38 heavy (non-hydrogen) atoms. The van der Waals surface area contributed by atoms with Crippen molar-refractivity contribution in [3.63, 3.8) is 0 Å². The fraction of sp³-hybridized carbons (Fsp3) is 0.536. The van der Waals surface area contributed by atoms with Crippen LogP contribution < -0.4 is 10.1 Å². The monoisotopic (exact) mass is 516 g/mol. The molecular weight excluding hydrogens is 480 g/mol. The summed E-state index contributed by atoms with van der Waals surface area (Å²) in [6.07, 6.45) is 12.8. The molecule has 1 atom stereocenters. The molecule has 10 heteroatoms. The van der Waals surface area contributed by atoms with E-state index in [9.17, 15) is 0 Å². The zero-order valence-corrected chi connectivity index (χ0v) is 22.8. The highest BCUT2D eigenvalue weighted by molar-refractivity contribution is 5.77. The lowest BCUT2D eigenvalue weighted by Crippen LogP contribution is -2.57. The van der Waals surface area contributed by atoms with E-state index >= 15 is 0 Å². The topological polar surface area (TPSA) is 105 Å². The van der Waals surface area contributed by atoms with E-state index in [0.717, 1.165) is 61.0 Å². The number of nitrogens with zero attached hydrogens (tertiary/aromatic N) is 7.